The molecule has 3 nitrogen and oxygen atoms in total. The maximum absolute atomic E-state index is 12.0. The van der Waals surface area contributed by atoms with Gasteiger partial charge in [-0.3, -0.25) is 4.79 Å². The fourth-order valence-corrected chi connectivity index (χ4v) is 2.46. The molecule has 1 N–H and O–H groups in total. The monoisotopic (exact) mass is 225 g/mol. The summed E-state index contributed by atoms with van der Waals surface area (Å²) in [7, 11) is 0. The van der Waals surface area contributed by atoms with Crippen molar-refractivity contribution in [3.05, 3.63) is 0 Å². The molecule has 0 aromatic heterocycles. The molecule has 1 heterocycles. The van der Waals surface area contributed by atoms with Gasteiger partial charge < -0.3 is 10.1 Å². The van der Waals surface area contributed by atoms with Crippen LogP contribution in [0.15, 0.2) is 0 Å². The van der Waals surface area contributed by atoms with Gasteiger partial charge in [0.15, 0.2) is 0 Å². The highest BCUT2D eigenvalue weighted by atomic mass is 16.5. The largest absolute Gasteiger partial charge is 0.465 e. The summed E-state index contributed by atoms with van der Waals surface area (Å²) in [5.74, 6) is 0.849. The Kier molecular flexibility index (Phi) is 3.85. The third-order valence-electron chi connectivity index (χ3n) is 4.18. The van der Waals surface area contributed by atoms with Crippen LogP contribution in [0.1, 0.15) is 45.4 Å². The van der Waals surface area contributed by atoms with Gasteiger partial charge >= 0.3 is 5.97 Å². The van der Waals surface area contributed by atoms with Gasteiger partial charge in [-0.15, -0.1) is 0 Å². The lowest BCUT2D eigenvalue weighted by Crippen LogP contribution is -2.41. The average Bonchev–Trinajstić information content (AvgIpc) is 2.22. The van der Waals surface area contributed by atoms with Crippen LogP contribution in [0, 0.1) is 11.3 Å². The van der Waals surface area contributed by atoms with Gasteiger partial charge in [-0.05, 0) is 45.2 Å². The fraction of sp³-hybridized carbons (Fsp3) is 0.923. The molecule has 2 aliphatic rings. The molecule has 0 atom stereocenters. The van der Waals surface area contributed by atoms with Gasteiger partial charge in [0.1, 0.15) is 0 Å². The maximum Gasteiger partial charge on any atom is 0.311 e. The molecule has 1 saturated carbocycles. The van der Waals surface area contributed by atoms with E-state index in [2.05, 4.69) is 5.32 Å². The van der Waals surface area contributed by atoms with Crippen molar-refractivity contribution >= 4 is 5.97 Å². The molecule has 0 aromatic carbocycles. The van der Waals surface area contributed by atoms with Crippen molar-refractivity contribution in [1.82, 2.24) is 5.32 Å². The van der Waals surface area contributed by atoms with E-state index in [1.807, 2.05) is 6.92 Å². The van der Waals surface area contributed by atoms with Crippen LogP contribution in [0.2, 0.25) is 0 Å². The summed E-state index contributed by atoms with van der Waals surface area (Å²) in [6.45, 7) is 4.55. The topological polar surface area (TPSA) is 38.3 Å². The summed E-state index contributed by atoms with van der Waals surface area (Å²) in [5, 5.41) is 3.28. The first-order valence-corrected chi connectivity index (χ1v) is 6.59. The Morgan fingerprint density at radius 1 is 1.38 bits per heavy atom. The van der Waals surface area contributed by atoms with Crippen molar-refractivity contribution in [2.45, 2.75) is 45.4 Å². The van der Waals surface area contributed by atoms with Gasteiger partial charge in [0.25, 0.3) is 0 Å². The number of carbonyl (C=O) groups is 1. The number of esters is 1. The normalized spacial score (nSPS) is 24.8. The van der Waals surface area contributed by atoms with Crippen molar-refractivity contribution < 1.29 is 9.53 Å². The van der Waals surface area contributed by atoms with Gasteiger partial charge in [0.2, 0.25) is 0 Å². The van der Waals surface area contributed by atoms with Gasteiger partial charge in [-0.1, -0.05) is 19.3 Å². The van der Waals surface area contributed by atoms with Crippen LogP contribution in [0.25, 0.3) is 0 Å². The highest BCUT2D eigenvalue weighted by Crippen LogP contribution is 2.31. The Labute approximate surface area is 97.9 Å². The van der Waals surface area contributed by atoms with E-state index in [1.54, 1.807) is 0 Å². The zero-order valence-electron chi connectivity index (χ0n) is 10.3. The van der Waals surface area contributed by atoms with E-state index >= 15 is 0 Å². The van der Waals surface area contributed by atoms with Crippen LogP contribution in [-0.2, 0) is 9.53 Å². The first-order chi connectivity index (χ1) is 7.71. The second-order valence-corrected chi connectivity index (χ2v) is 5.53. The van der Waals surface area contributed by atoms with Crippen LogP contribution < -0.4 is 5.32 Å². The first kappa shape index (κ1) is 11.9. The lowest BCUT2D eigenvalue weighted by Gasteiger charge is -2.32. The summed E-state index contributed by atoms with van der Waals surface area (Å²) >= 11 is 0. The summed E-state index contributed by atoms with van der Waals surface area (Å²) in [6, 6.07) is 0. The number of piperidine rings is 1. The molecule has 2 fully saturated rings. The molecule has 92 valence electrons. The minimum atomic E-state index is -0.231. The van der Waals surface area contributed by atoms with E-state index in [-0.39, 0.29) is 11.4 Å². The number of hydrogen-bond donors (Lipinski definition) is 1. The lowest BCUT2D eigenvalue weighted by atomic mass is 9.81. The molecule has 3 heteroatoms. The van der Waals surface area contributed by atoms with Crippen LogP contribution in [-0.4, -0.2) is 25.7 Å². The molecule has 0 amide bonds. The van der Waals surface area contributed by atoms with Crippen LogP contribution in [0.3, 0.4) is 0 Å². The van der Waals surface area contributed by atoms with Crippen LogP contribution in [0.5, 0.6) is 0 Å². The molecule has 1 saturated heterocycles. The standard InChI is InChI=1S/C13H23NO2/c1-13(6-8-14-9-7-13)12(15)16-10-5-11-3-2-4-11/h11,14H,2-10H2,1H3. The summed E-state index contributed by atoms with van der Waals surface area (Å²) in [6.07, 6.45) is 6.92. The average molecular weight is 225 g/mol. The van der Waals surface area contributed by atoms with E-state index in [9.17, 15) is 4.79 Å². The molecule has 1 aliphatic heterocycles. The van der Waals surface area contributed by atoms with E-state index in [0.29, 0.717) is 6.61 Å². The number of rotatable bonds is 4. The predicted octanol–water partition coefficient (Wildman–Crippen LogP) is 2.11. The highest BCUT2D eigenvalue weighted by Gasteiger charge is 2.36. The van der Waals surface area contributed by atoms with Crippen molar-refractivity contribution in [3.8, 4) is 0 Å². The Bertz CT molecular complexity index is 242. The molecule has 0 bridgehead atoms. The van der Waals surface area contributed by atoms with Crippen LogP contribution >= 0.6 is 0 Å². The Morgan fingerprint density at radius 3 is 2.62 bits per heavy atom. The Morgan fingerprint density at radius 2 is 2.06 bits per heavy atom. The minimum Gasteiger partial charge on any atom is -0.465 e. The first-order valence-electron chi connectivity index (χ1n) is 6.59. The smallest absolute Gasteiger partial charge is 0.311 e. The highest BCUT2D eigenvalue weighted by molar-refractivity contribution is 5.76. The summed E-state index contributed by atoms with van der Waals surface area (Å²) < 4.78 is 5.42. The molecular weight excluding hydrogens is 202 g/mol. The van der Waals surface area contributed by atoms with Crippen molar-refractivity contribution in [3.63, 3.8) is 0 Å². The van der Waals surface area contributed by atoms with Crippen molar-refractivity contribution in [1.29, 1.82) is 0 Å². The van der Waals surface area contributed by atoms with E-state index < -0.39 is 0 Å². The zero-order chi connectivity index (χ0) is 11.4. The van der Waals surface area contributed by atoms with Gasteiger partial charge in [0, 0.05) is 0 Å². The van der Waals surface area contributed by atoms with Crippen molar-refractivity contribution in [2.24, 2.45) is 11.3 Å². The Hall–Kier alpha value is -0.570. The lowest BCUT2D eigenvalue weighted by molar-refractivity contribution is -0.157. The van der Waals surface area contributed by atoms with Crippen LogP contribution in [0.4, 0.5) is 0 Å². The third-order valence-corrected chi connectivity index (χ3v) is 4.18. The number of nitrogens with one attached hydrogen (secondary N) is 1. The van der Waals surface area contributed by atoms with Gasteiger partial charge in [-0.2, -0.15) is 0 Å². The summed E-state index contributed by atoms with van der Waals surface area (Å²) in [5.41, 5.74) is -0.231. The van der Waals surface area contributed by atoms with E-state index in [0.717, 1.165) is 38.3 Å². The van der Waals surface area contributed by atoms with Crippen molar-refractivity contribution in [2.75, 3.05) is 19.7 Å². The predicted molar refractivity (Wildman–Crippen MR) is 63.1 cm³/mol. The molecule has 0 radical (unpaired) electrons. The molecule has 0 unspecified atom stereocenters. The maximum atomic E-state index is 12.0. The Balaban J connectivity index is 1.69. The molecule has 1 aliphatic carbocycles. The summed E-state index contributed by atoms with van der Waals surface area (Å²) in [4.78, 5) is 12.0. The SMILES string of the molecule is CC1(C(=O)OCCC2CCC2)CCNCC1. The minimum absolute atomic E-state index is 0.0216. The third kappa shape index (κ3) is 2.76. The fourth-order valence-electron chi connectivity index (χ4n) is 2.46. The molecule has 2 rings (SSSR count). The molecule has 16 heavy (non-hydrogen) atoms. The second-order valence-electron chi connectivity index (χ2n) is 5.53. The van der Waals surface area contributed by atoms with E-state index in [1.165, 1.54) is 19.3 Å². The molecule has 0 spiro atoms. The zero-order valence-corrected chi connectivity index (χ0v) is 10.3. The molecular formula is C13H23NO2. The number of carbonyl (C=O) groups excluding carboxylic acids is 1. The number of ether oxygens (including phenoxy) is 1. The van der Waals surface area contributed by atoms with Gasteiger partial charge in [0.05, 0.1) is 12.0 Å². The van der Waals surface area contributed by atoms with Gasteiger partial charge in [-0.25, -0.2) is 0 Å². The molecule has 0 aromatic rings. The second kappa shape index (κ2) is 5.17. The van der Waals surface area contributed by atoms with E-state index in [4.69, 9.17) is 4.74 Å². The number of hydrogen-bond acceptors (Lipinski definition) is 3. The quantitative estimate of drug-likeness (QED) is 0.745.